The molecule has 0 spiro atoms. The highest BCUT2D eigenvalue weighted by Gasteiger charge is 2.17. The molecule has 104 valence electrons. The molecular formula is C13H21N5O. The van der Waals surface area contributed by atoms with Crippen LogP contribution in [-0.4, -0.2) is 66.2 Å². The number of aromatic nitrogens is 2. The number of nitrogens with one attached hydrogen (secondary N) is 1. The summed E-state index contributed by atoms with van der Waals surface area (Å²) in [6.07, 6.45) is 2.22. The zero-order chi connectivity index (χ0) is 13.8. The van der Waals surface area contributed by atoms with Crippen molar-refractivity contribution in [1.82, 2.24) is 20.0 Å². The monoisotopic (exact) mass is 263 g/mol. The summed E-state index contributed by atoms with van der Waals surface area (Å²) in [5.74, 6) is 0.614. The second-order valence-corrected chi connectivity index (χ2v) is 5.23. The second-order valence-electron chi connectivity index (χ2n) is 5.23. The fourth-order valence-electron chi connectivity index (χ4n) is 2.11. The molecule has 1 N–H and O–H groups in total. The SMILES string of the molecule is CN1CCC(Nc2ccc(C(=O)N(C)C)nn2)CC1. The van der Waals surface area contributed by atoms with E-state index in [4.69, 9.17) is 0 Å². The van der Waals surface area contributed by atoms with Crippen molar-refractivity contribution < 1.29 is 4.79 Å². The standard InChI is InChI=1S/C13H21N5O/c1-17(2)13(19)11-4-5-12(16-15-11)14-10-6-8-18(3)9-7-10/h4-5,10H,6-9H2,1-3H3,(H,14,16). The van der Waals surface area contributed by atoms with Crippen molar-refractivity contribution >= 4 is 11.7 Å². The third-order valence-electron chi connectivity index (χ3n) is 3.36. The molecule has 6 heteroatoms. The molecule has 1 amide bonds. The highest BCUT2D eigenvalue weighted by molar-refractivity contribution is 5.91. The highest BCUT2D eigenvalue weighted by atomic mass is 16.2. The lowest BCUT2D eigenvalue weighted by atomic mass is 10.1. The number of hydrogen-bond donors (Lipinski definition) is 1. The van der Waals surface area contributed by atoms with Gasteiger partial charge in [0.15, 0.2) is 5.69 Å². The first-order valence-electron chi connectivity index (χ1n) is 6.56. The van der Waals surface area contributed by atoms with Crippen molar-refractivity contribution in [2.45, 2.75) is 18.9 Å². The van der Waals surface area contributed by atoms with Crippen LogP contribution >= 0.6 is 0 Å². The Labute approximate surface area is 113 Å². The quantitative estimate of drug-likeness (QED) is 0.869. The van der Waals surface area contributed by atoms with E-state index < -0.39 is 0 Å². The molecule has 0 radical (unpaired) electrons. The van der Waals surface area contributed by atoms with E-state index in [-0.39, 0.29) is 5.91 Å². The zero-order valence-electron chi connectivity index (χ0n) is 11.8. The molecule has 1 saturated heterocycles. The van der Waals surface area contributed by atoms with Crippen LogP contribution in [0.15, 0.2) is 12.1 Å². The average molecular weight is 263 g/mol. The molecular weight excluding hydrogens is 242 g/mol. The number of amides is 1. The molecule has 1 aromatic rings. The van der Waals surface area contributed by atoms with Crippen LogP contribution in [0.5, 0.6) is 0 Å². The lowest BCUT2D eigenvalue weighted by Crippen LogP contribution is -2.37. The summed E-state index contributed by atoms with van der Waals surface area (Å²) in [6.45, 7) is 2.20. The van der Waals surface area contributed by atoms with Gasteiger partial charge in [0, 0.05) is 20.1 Å². The Morgan fingerprint density at radius 1 is 1.32 bits per heavy atom. The molecule has 0 atom stereocenters. The van der Waals surface area contributed by atoms with E-state index in [0.29, 0.717) is 11.7 Å². The summed E-state index contributed by atoms with van der Waals surface area (Å²) in [6, 6.07) is 3.98. The van der Waals surface area contributed by atoms with Gasteiger partial charge in [0.1, 0.15) is 5.82 Å². The van der Waals surface area contributed by atoms with Crippen LogP contribution in [0.4, 0.5) is 5.82 Å². The summed E-state index contributed by atoms with van der Waals surface area (Å²) in [5.41, 5.74) is 0.374. The molecule has 0 aliphatic carbocycles. The highest BCUT2D eigenvalue weighted by Crippen LogP contribution is 2.13. The Kier molecular flexibility index (Phi) is 4.31. The fourth-order valence-corrected chi connectivity index (χ4v) is 2.11. The Morgan fingerprint density at radius 3 is 2.53 bits per heavy atom. The minimum atomic E-state index is -0.127. The number of rotatable bonds is 3. The summed E-state index contributed by atoms with van der Waals surface area (Å²) in [7, 11) is 5.54. The molecule has 0 bridgehead atoms. The van der Waals surface area contributed by atoms with Crippen molar-refractivity contribution in [3.8, 4) is 0 Å². The van der Waals surface area contributed by atoms with Gasteiger partial charge >= 0.3 is 0 Å². The normalized spacial score (nSPS) is 17.2. The Bertz CT molecular complexity index is 423. The van der Waals surface area contributed by atoms with E-state index in [1.165, 1.54) is 4.90 Å². The smallest absolute Gasteiger partial charge is 0.273 e. The lowest BCUT2D eigenvalue weighted by molar-refractivity contribution is 0.0821. The van der Waals surface area contributed by atoms with E-state index in [9.17, 15) is 4.79 Å². The number of piperidine rings is 1. The first-order valence-corrected chi connectivity index (χ1v) is 6.56. The minimum absolute atomic E-state index is 0.127. The topological polar surface area (TPSA) is 61.4 Å². The van der Waals surface area contributed by atoms with Gasteiger partial charge in [0.2, 0.25) is 0 Å². The molecule has 6 nitrogen and oxygen atoms in total. The van der Waals surface area contributed by atoms with Crippen molar-refractivity contribution in [3.05, 3.63) is 17.8 Å². The molecule has 1 aliphatic rings. The van der Waals surface area contributed by atoms with Crippen LogP contribution in [0.1, 0.15) is 23.3 Å². The van der Waals surface area contributed by atoms with Crippen LogP contribution < -0.4 is 5.32 Å². The minimum Gasteiger partial charge on any atom is -0.366 e. The van der Waals surface area contributed by atoms with E-state index in [2.05, 4.69) is 27.5 Å². The Hall–Kier alpha value is -1.69. The predicted molar refractivity (Wildman–Crippen MR) is 74.2 cm³/mol. The maximum atomic E-state index is 11.7. The number of anilines is 1. The third kappa shape index (κ3) is 3.64. The molecule has 19 heavy (non-hydrogen) atoms. The molecule has 1 aromatic heterocycles. The molecule has 1 fully saturated rings. The van der Waals surface area contributed by atoms with Crippen LogP contribution in [0.25, 0.3) is 0 Å². The number of carbonyl (C=O) groups is 1. The van der Waals surface area contributed by atoms with Crippen LogP contribution in [0, 0.1) is 0 Å². The van der Waals surface area contributed by atoms with Gasteiger partial charge in [-0.2, -0.15) is 0 Å². The largest absolute Gasteiger partial charge is 0.366 e. The first kappa shape index (κ1) is 13.7. The third-order valence-corrected chi connectivity index (χ3v) is 3.36. The lowest BCUT2D eigenvalue weighted by Gasteiger charge is -2.29. The van der Waals surface area contributed by atoms with Crippen molar-refractivity contribution in [2.75, 3.05) is 39.5 Å². The Morgan fingerprint density at radius 2 is 2.00 bits per heavy atom. The van der Waals surface area contributed by atoms with Gasteiger partial charge in [-0.1, -0.05) is 0 Å². The van der Waals surface area contributed by atoms with E-state index in [1.54, 1.807) is 20.2 Å². The van der Waals surface area contributed by atoms with Crippen LogP contribution in [-0.2, 0) is 0 Å². The van der Waals surface area contributed by atoms with Gasteiger partial charge < -0.3 is 15.1 Å². The summed E-state index contributed by atoms with van der Waals surface area (Å²) >= 11 is 0. The van der Waals surface area contributed by atoms with E-state index in [1.807, 2.05) is 6.07 Å². The molecule has 2 rings (SSSR count). The summed E-state index contributed by atoms with van der Waals surface area (Å²) in [4.78, 5) is 15.5. The number of nitrogens with zero attached hydrogens (tertiary/aromatic N) is 4. The average Bonchev–Trinajstić information content (AvgIpc) is 2.41. The number of carbonyl (C=O) groups excluding carboxylic acids is 1. The van der Waals surface area contributed by atoms with Gasteiger partial charge in [0.25, 0.3) is 5.91 Å². The molecule has 2 heterocycles. The maximum Gasteiger partial charge on any atom is 0.273 e. The van der Waals surface area contributed by atoms with Gasteiger partial charge in [-0.25, -0.2) is 0 Å². The summed E-state index contributed by atoms with van der Waals surface area (Å²) in [5, 5.41) is 11.4. The number of likely N-dealkylation sites (tertiary alicyclic amines) is 1. The molecule has 0 aromatic carbocycles. The second kappa shape index (κ2) is 5.97. The van der Waals surface area contributed by atoms with Crippen molar-refractivity contribution in [1.29, 1.82) is 0 Å². The van der Waals surface area contributed by atoms with Crippen LogP contribution in [0.2, 0.25) is 0 Å². The van der Waals surface area contributed by atoms with Gasteiger partial charge in [-0.15, -0.1) is 10.2 Å². The van der Waals surface area contributed by atoms with Gasteiger partial charge in [-0.3, -0.25) is 4.79 Å². The number of hydrogen-bond acceptors (Lipinski definition) is 5. The maximum absolute atomic E-state index is 11.7. The van der Waals surface area contributed by atoms with Crippen molar-refractivity contribution in [2.24, 2.45) is 0 Å². The van der Waals surface area contributed by atoms with E-state index in [0.717, 1.165) is 31.7 Å². The molecule has 1 aliphatic heterocycles. The van der Waals surface area contributed by atoms with Crippen molar-refractivity contribution in [3.63, 3.8) is 0 Å². The molecule has 0 unspecified atom stereocenters. The predicted octanol–water partition coefficient (Wildman–Crippen LogP) is 0.684. The fraction of sp³-hybridized carbons (Fsp3) is 0.615. The molecule has 0 saturated carbocycles. The first-order chi connectivity index (χ1) is 9.06. The van der Waals surface area contributed by atoms with Gasteiger partial charge in [-0.05, 0) is 45.1 Å². The van der Waals surface area contributed by atoms with Gasteiger partial charge in [0.05, 0.1) is 0 Å². The Balaban J connectivity index is 1.93. The summed E-state index contributed by atoms with van der Waals surface area (Å²) < 4.78 is 0. The van der Waals surface area contributed by atoms with Crippen LogP contribution in [0.3, 0.4) is 0 Å². The van der Waals surface area contributed by atoms with E-state index >= 15 is 0 Å². The zero-order valence-corrected chi connectivity index (χ0v) is 11.8.